The monoisotopic (exact) mass is 361 g/mol. The third kappa shape index (κ3) is 4.30. The van der Waals surface area contributed by atoms with Crippen molar-refractivity contribution in [1.82, 2.24) is 19.9 Å². The fourth-order valence-corrected chi connectivity index (χ4v) is 2.97. The van der Waals surface area contributed by atoms with E-state index in [2.05, 4.69) is 10.3 Å². The number of carbonyl (C=O) groups is 1. The summed E-state index contributed by atoms with van der Waals surface area (Å²) < 4.78 is 21.6. The molecule has 0 aliphatic carbocycles. The summed E-state index contributed by atoms with van der Waals surface area (Å²) in [6.07, 6.45) is 3.02. The van der Waals surface area contributed by atoms with E-state index in [1.54, 1.807) is 28.0 Å². The normalized spacial score (nSPS) is 15.2. The lowest BCUT2D eigenvalue weighted by molar-refractivity contribution is 0.0240. The van der Waals surface area contributed by atoms with Crippen molar-refractivity contribution in [3.8, 4) is 0 Å². The number of rotatable bonds is 3. The molecule has 8 heteroatoms. The smallest absolute Gasteiger partial charge is 0.410 e. The van der Waals surface area contributed by atoms with Crippen molar-refractivity contribution < 1.29 is 13.9 Å². The number of hydrogen-bond acceptors (Lipinski definition) is 5. The lowest BCUT2D eigenvalue weighted by Crippen LogP contribution is -2.50. The molecular formula is C18H24FN5O2. The molecule has 0 saturated carbocycles. The number of carbonyl (C=O) groups excluding carboxylic acids is 1. The maximum absolute atomic E-state index is 14.5. The number of nitrogens with zero attached hydrogens (tertiary/aromatic N) is 5. The summed E-state index contributed by atoms with van der Waals surface area (Å²) in [4.78, 5) is 15.8. The molecular weight excluding hydrogens is 337 g/mol. The van der Waals surface area contributed by atoms with Crippen molar-refractivity contribution in [1.29, 1.82) is 0 Å². The van der Waals surface area contributed by atoms with Crippen LogP contribution in [0.25, 0.3) is 0 Å². The van der Waals surface area contributed by atoms with Gasteiger partial charge in [-0.25, -0.2) is 13.9 Å². The Morgan fingerprint density at radius 1 is 1.23 bits per heavy atom. The van der Waals surface area contributed by atoms with Crippen LogP contribution in [0.3, 0.4) is 0 Å². The van der Waals surface area contributed by atoms with E-state index in [0.717, 1.165) is 5.56 Å². The van der Waals surface area contributed by atoms with Crippen molar-refractivity contribution in [3.63, 3.8) is 0 Å². The third-order valence-corrected chi connectivity index (χ3v) is 4.12. The minimum atomic E-state index is -0.523. The van der Waals surface area contributed by atoms with Crippen molar-refractivity contribution in [2.75, 3.05) is 31.1 Å². The lowest BCUT2D eigenvalue weighted by Gasteiger charge is -2.37. The number of aromatic nitrogens is 3. The van der Waals surface area contributed by atoms with Crippen LogP contribution in [0.2, 0.25) is 0 Å². The minimum absolute atomic E-state index is 0.270. The molecule has 0 radical (unpaired) electrons. The van der Waals surface area contributed by atoms with E-state index in [9.17, 15) is 9.18 Å². The molecule has 1 saturated heterocycles. The van der Waals surface area contributed by atoms with Crippen LogP contribution in [-0.4, -0.2) is 57.8 Å². The molecule has 7 nitrogen and oxygen atoms in total. The zero-order valence-corrected chi connectivity index (χ0v) is 15.4. The molecule has 26 heavy (non-hydrogen) atoms. The number of piperazine rings is 1. The summed E-state index contributed by atoms with van der Waals surface area (Å²) in [5.74, 6) is -0.270. The highest BCUT2D eigenvalue weighted by molar-refractivity contribution is 5.69. The molecule has 1 amide bonds. The van der Waals surface area contributed by atoms with Crippen molar-refractivity contribution in [3.05, 3.63) is 42.0 Å². The molecule has 1 aliphatic rings. The maximum Gasteiger partial charge on any atom is 0.410 e. The first-order chi connectivity index (χ1) is 12.3. The Kier molecular flexibility index (Phi) is 5.11. The summed E-state index contributed by atoms with van der Waals surface area (Å²) in [7, 11) is 0. The Labute approximate surface area is 152 Å². The number of anilines is 1. The summed E-state index contributed by atoms with van der Waals surface area (Å²) in [6.45, 7) is 8.05. The zero-order chi connectivity index (χ0) is 18.7. The molecule has 1 aliphatic heterocycles. The quantitative estimate of drug-likeness (QED) is 0.841. The molecule has 0 unspecified atom stereocenters. The first kappa shape index (κ1) is 18.2. The SMILES string of the molecule is CC(C)(C)OC(=O)N1CCN(c2c(F)cccc2Cn2ccnn2)CC1. The van der Waals surface area contributed by atoms with Crippen molar-refractivity contribution in [2.24, 2.45) is 0 Å². The number of amides is 1. The molecule has 0 N–H and O–H groups in total. The highest BCUT2D eigenvalue weighted by atomic mass is 19.1. The zero-order valence-electron chi connectivity index (χ0n) is 15.4. The van der Waals surface area contributed by atoms with Crippen LogP contribution < -0.4 is 4.90 Å². The Hall–Kier alpha value is -2.64. The van der Waals surface area contributed by atoms with Crippen LogP contribution in [0.4, 0.5) is 14.9 Å². The largest absolute Gasteiger partial charge is 0.444 e. The summed E-state index contributed by atoms with van der Waals surface area (Å²) in [5.41, 5.74) is 0.873. The number of para-hydroxylation sites is 1. The van der Waals surface area contributed by atoms with Crippen LogP contribution in [0, 0.1) is 5.82 Å². The molecule has 1 aromatic heterocycles. The predicted molar refractivity (Wildman–Crippen MR) is 95.5 cm³/mol. The highest BCUT2D eigenvalue weighted by Crippen LogP contribution is 2.26. The van der Waals surface area contributed by atoms with Gasteiger partial charge < -0.3 is 14.5 Å². The average Bonchev–Trinajstić information content (AvgIpc) is 3.07. The lowest BCUT2D eigenvalue weighted by atomic mass is 10.1. The van der Waals surface area contributed by atoms with Crippen LogP contribution >= 0.6 is 0 Å². The second-order valence-electron chi connectivity index (χ2n) is 7.30. The van der Waals surface area contributed by atoms with Gasteiger partial charge in [0.2, 0.25) is 0 Å². The van der Waals surface area contributed by atoms with Gasteiger partial charge in [-0.3, -0.25) is 0 Å². The van der Waals surface area contributed by atoms with Crippen LogP contribution in [0.1, 0.15) is 26.3 Å². The number of halogens is 1. The second-order valence-corrected chi connectivity index (χ2v) is 7.30. The van der Waals surface area contributed by atoms with E-state index in [0.29, 0.717) is 38.4 Å². The first-order valence-corrected chi connectivity index (χ1v) is 8.68. The number of benzene rings is 1. The van der Waals surface area contributed by atoms with Gasteiger partial charge in [-0.15, -0.1) is 5.10 Å². The number of ether oxygens (including phenoxy) is 1. The molecule has 140 valence electrons. The van der Waals surface area contributed by atoms with Crippen LogP contribution in [0.15, 0.2) is 30.6 Å². The van der Waals surface area contributed by atoms with Gasteiger partial charge in [0.15, 0.2) is 0 Å². The van der Waals surface area contributed by atoms with E-state index < -0.39 is 5.60 Å². The highest BCUT2D eigenvalue weighted by Gasteiger charge is 2.27. The van der Waals surface area contributed by atoms with Gasteiger partial charge in [0, 0.05) is 32.4 Å². The molecule has 0 bridgehead atoms. The molecule has 1 fully saturated rings. The van der Waals surface area contributed by atoms with E-state index in [1.165, 1.54) is 6.07 Å². The molecule has 0 atom stereocenters. The fourth-order valence-electron chi connectivity index (χ4n) is 2.97. The molecule has 3 rings (SSSR count). The van der Waals surface area contributed by atoms with Gasteiger partial charge in [0.25, 0.3) is 0 Å². The Morgan fingerprint density at radius 2 is 1.96 bits per heavy atom. The van der Waals surface area contributed by atoms with E-state index in [1.807, 2.05) is 31.7 Å². The summed E-state index contributed by atoms with van der Waals surface area (Å²) in [5, 5.41) is 7.74. The van der Waals surface area contributed by atoms with Crippen molar-refractivity contribution in [2.45, 2.75) is 32.9 Å². The summed E-state index contributed by atoms with van der Waals surface area (Å²) in [6, 6.07) is 5.04. The Morgan fingerprint density at radius 3 is 2.58 bits per heavy atom. The van der Waals surface area contributed by atoms with E-state index >= 15 is 0 Å². The van der Waals surface area contributed by atoms with Gasteiger partial charge in [0.1, 0.15) is 11.4 Å². The molecule has 2 aromatic rings. The first-order valence-electron chi connectivity index (χ1n) is 8.68. The summed E-state index contributed by atoms with van der Waals surface area (Å²) >= 11 is 0. The third-order valence-electron chi connectivity index (χ3n) is 4.12. The topological polar surface area (TPSA) is 63.5 Å². The van der Waals surface area contributed by atoms with Gasteiger partial charge in [-0.05, 0) is 32.4 Å². The van der Waals surface area contributed by atoms with Gasteiger partial charge in [0.05, 0.1) is 18.4 Å². The fraction of sp³-hybridized carbons (Fsp3) is 0.500. The molecule has 0 spiro atoms. The van der Waals surface area contributed by atoms with Crippen molar-refractivity contribution >= 4 is 11.8 Å². The Balaban J connectivity index is 1.70. The Bertz CT molecular complexity index is 749. The van der Waals surface area contributed by atoms with E-state index in [4.69, 9.17) is 4.74 Å². The average molecular weight is 361 g/mol. The number of hydrogen-bond donors (Lipinski definition) is 0. The van der Waals surface area contributed by atoms with Crippen LogP contribution in [0.5, 0.6) is 0 Å². The van der Waals surface area contributed by atoms with Gasteiger partial charge in [-0.1, -0.05) is 17.3 Å². The second kappa shape index (κ2) is 7.31. The standard InChI is InChI=1S/C18H24FN5O2/c1-18(2,3)26-17(25)23-11-9-22(10-12-23)16-14(5-4-6-15(16)19)13-24-8-7-20-21-24/h4-8H,9-13H2,1-3H3. The molecule has 2 heterocycles. The molecule has 1 aromatic carbocycles. The maximum atomic E-state index is 14.5. The van der Waals surface area contributed by atoms with E-state index in [-0.39, 0.29) is 11.9 Å². The van der Waals surface area contributed by atoms with Gasteiger partial charge in [-0.2, -0.15) is 0 Å². The van der Waals surface area contributed by atoms with Crippen LogP contribution in [-0.2, 0) is 11.3 Å². The van der Waals surface area contributed by atoms with Gasteiger partial charge >= 0.3 is 6.09 Å². The minimum Gasteiger partial charge on any atom is -0.444 e. The predicted octanol–water partition coefficient (Wildman–Crippen LogP) is 2.52.